The van der Waals surface area contributed by atoms with E-state index in [1.54, 1.807) is 0 Å². The minimum atomic E-state index is 0.380. The first-order valence-corrected chi connectivity index (χ1v) is 5.60. The quantitative estimate of drug-likeness (QED) is 0.636. The predicted octanol–water partition coefficient (Wildman–Crippen LogP) is 4.30. The highest BCUT2D eigenvalue weighted by atomic mass is 14.0. The van der Waals surface area contributed by atoms with E-state index in [0.717, 1.165) is 0 Å². The SMILES string of the molecule is CC1=C=CC(/C=C/c2ccc(C)cc2)C=C1. The largest absolute Gasteiger partial charge is 0.121 e. The Kier molecular flexibility index (Phi) is 3.24. The average molecular weight is 208 g/mol. The van der Waals surface area contributed by atoms with Crippen LogP contribution in [0.4, 0.5) is 0 Å². The Morgan fingerprint density at radius 2 is 1.88 bits per heavy atom. The average Bonchev–Trinajstić information content (AvgIpc) is 2.30. The van der Waals surface area contributed by atoms with E-state index in [0.29, 0.717) is 5.92 Å². The van der Waals surface area contributed by atoms with Gasteiger partial charge in [0.25, 0.3) is 0 Å². The van der Waals surface area contributed by atoms with Gasteiger partial charge in [-0.1, -0.05) is 54.1 Å². The second-order valence-corrected chi connectivity index (χ2v) is 4.20. The van der Waals surface area contributed by atoms with Crippen LogP contribution in [0, 0.1) is 12.8 Å². The molecule has 0 aromatic heterocycles. The van der Waals surface area contributed by atoms with E-state index < -0.39 is 0 Å². The summed E-state index contributed by atoms with van der Waals surface area (Å²) in [6.45, 7) is 4.17. The van der Waals surface area contributed by atoms with Crippen LogP contribution < -0.4 is 0 Å². The molecule has 0 N–H and O–H groups in total. The van der Waals surface area contributed by atoms with Crippen molar-refractivity contribution in [2.75, 3.05) is 0 Å². The van der Waals surface area contributed by atoms with Gasteiger partial charge in [0.15, 0.2) is 0 Å². The van der Waals surface area contributed by atoms with Crippen molar-refractivity contribution in [3.05, 3.63) is 71.0 Å². The minimum Gasteiger partial charge on any atom is -0.121 e. The van der Waals surface area contributed by atoms with Gasteiger partial charge >= 0.3 is 0 Å². The smallest absolute Gasteiger partial charge is 0.0210 e. The van der Waals surface area contributed by atoms with Crippen LogP contribution in [-0.2, 0) is 0 Å². The van der Waals surface area contributed by atoms with Crippen LogP contribution in [0.5, 0.6) is 0 Å². The zero-order chi connectivity index (χ0) is 11.4. The third-order valence-corrected chi connectivity index (χ3v) is 2.66. The molecule has 0 saturated carbocycles. The molecule has 1 aromatic carbocycles. The summed E-state index contributed by atoms with van der Waals surface area (Å²) in [4.78, 5) is 0. The third kappa shape index (κ3) is 2.85. The fourth-order valence-corrected chi connectivity index (χ4v) is 1.61. The molecule has 0 heterocycles. The molecule has 0 fully saturated rings. The Morgan fingerprint density at radius 3 is 2.50 bits per heavy atom. The van der Waals surface area contributed by atoms with Crippen LogP contribution in [0.2, 0.25) is 0 Å². The topological polar surface area (TPSA) is 0 Å². The fraction of sp³-hybridized carbons (Fsp3) is 0.188. The molecule has 2 rings (SSSR count). The van der Waals surface area contributed by atoms with Gasteiger partial charge in [0.05, 0.1) is 0 Å². The summed E-state index contributed by atoms with van der Waals surface area (Å²) in [5, 5.41) is 0. The number of rotatable bonds is 2. The molecule has 1 aromatic rings. The summed E-state index contributed by atoms with van der Waals surface area (Å²) < 4.78 is 0. The van der Waals surface area contributed by atoms with Crippen LogP contribution >= 0.6 is 0 Å². The normalized spacial score (nSPS) is 19.1. The number of hydrogen-bond donors (Lipinski definition) is 0. The van der Waals surface area contributed by atoms with Crippen molar-refractivity contribution >= 4 is 6.08 Å². The fourth-order valence-electron chi connectivity index (χ4n) is 1.61. The van der Waals surface area contributed by atoms with Gasteiger partial charge in [0.2, 0.25) is 0 Å². The monoisotopic (exact) mass is 208 g/mol. The molecule has 1 atom stereocenters. The lowest BCUT2D eigenvalue weighted by Gasteiger charge is -2.03. The van der Waals surface area contributed by atoms with Crippen LogP contribution in [0.15, 0.2) is 59.9 Å². The van der Waals surface area contributed by atoms with E-state index >= 15 is 0 Å². The molecule has 0 saturated heterocycles. The Balaban J connectivity index is 2.08. The lowest BCUT2D eigenvalue weighted by atomic mass is 10.0. The van der Waals surface area contributed by atoms with Crippen molar-refractivity contribution in [3.8, 4) is 0 Å². The van der Waals surface area contributed by atoms with Gasteiger partial charge in [-0.15, -0.1) is 5.73 Å². The molecule has 1 aliphatic carbocycles. The molecule has 0 aliphatic heterocycles. The molecule has 16 heavy (non-hydrogen) atoms. The summed E-state index contributed by atoms with van der Waals surface area (Å²) in [6, 6.07) is 8.55. The van der Waals surface area contributed by atoms with E-state index in [-0.39, 0.29) is 0 Å². The number of allylic oxidation sites excluding steroid dienone is 4. The van der Waals surface area contributed by atoms with Crippen LogP contribution in [0.3, 0.4) is 0 Å². The molecule has 1 aliphatic rings. The van der Waals surface area contributed by atoms with Gasteiger partial charge < -0.3 is 0 Å². The summed E-state index contributed by atoms with van der Waals surface area (Å²) in [5.74, 6) is 0.380. The highest BCUT2D eigenvalue weighted by Gasteiger charge is 1.97. The summed E-state index contributed by atoms with van der Waals surface area (Å²) in [6.07, 6.45) is 10.8. The number of benzene rings is 1. The van der Waals surface area contributed by atoms with E-state index in [9.17, 15) is 0 Å². The zero-order valence-corrected chi connectivity index (χ0v) is 9.77. The van der Waals surface area contributed by atoms with Crippen LogP contribution in [0.1, 0.15) is 18.1 Å². The lowest BCUT2D eigenvalue weighted by molar-refractivity contribution is 1.06. The van der Waals surface area contributed by atoms with Crippen molar-refractivity contribution in [2.45, 2.75) is 13.8 Å². The zero-order valence-electron chi connectivity index (χ0n) is 9.77. The maximum absolute atomic E-state index is 3.23. The van der Waals surface area contributed by atoms with E-state index in [2.05, 4.69) is 74.2 Å². The first-order valence-electron chi connectivity index (χ1n) is 5.60. The van der Waals surface area contributed by atoms with E-state index in [1.807, 2.05) is 0 Å². The Hall–Kier alpha value is -1.78. The third-order valence-electron chi connectivity index (χ3n) is 2.66. The molecular formula is C16H16. The standard InChI is InChI=1S/C16H16/c1-13-3-7-15(8-4-13)11-12-16-9-5-14(2)6-10-16/h3-5,7-12,16H,1-2H3/b12-11+. The number of hydrogen-bond acceptors (Lipinski definition) is 0. The van der Waals surface area contributed by atoms with Crippen molar-refractivity contribution in [1.82, 2.24) is 0 Å². The van der Waals surface area contributed by atoms with Gasteiger partial charge in [-0.2, -0.15) is 0 Å². The van der Waals surface area contributed by atoms with Gasteiger partial charge in [0, 0.05) is 5.92 Å². The summed E-state index contributed by atoms with van der Waals surface area (Å²) >= 11 is 0. The second kappa shape index (κ2) is 4.83. The molecule has 0 nitrogen and oxygen atoms in total. The van der Waals surface area contributed by atoms with E-state index in [4.69, 9.17) is 0 Å². The molecule has 0 heteroatoms. The molecule has 0 radical (unpaired) electrons. The molecule has 0 bridgehead atoms. The van der Waals surface area contributed by atoms with Crippen molar-refractivity contribution in [3.63, 3.8) is 0 Å². The molecular weight excluding hydrogens is 192 g/mol. The molecule has 0 spiro atoms. The van der Waals surface area contributed by atoms with Crippen LogP contribution in [0.25, 0.3) is 6.08 Å². The lowest BCUT2D eigenvalue weighted by Crippen LogP contribution is -1.88. The van der Waals surface area contributed by atoms with Crippen LogP contribution in [-0.4, -0.2) is 0 Å². The van der Waals surface area contributed by atoms with Gasteiger partial charge in [-0.05, 0) is 31.1 Å². The maximum atomic E-state index is 3.23. The van der Waals surface area contributed by atoms with E-state index in [1.165, 1.54) is 16.7 Å². The Morgan fingerprint density at radius 1 is 1.12 bits per heavy atom. The van der Waals surface area contributed by atoms with Crippen molar-refractivity contribution in [1.29, 1.82) is 0 Å². The van der Waals surface area contributed by atoms with Gasteiger partial charge in [-0.3, -0.25) is 0 Å². The maximum Gasteiger partial charge on any atom is 0.0210 e. The molecule has 80 valence electrons. The molecule has 1 unspecified atom stereocenters. The van der Waals surface area contributed by atoms with Gasteiger partial charge in [0.1, 0.15) is 0 Å². The summed E-state index contributed by atoms with van der Waals surface area (Å²) in [7, 11) is 0. The summed E-state index contributed by atoms with van der Waals surface area (Å²) in [5.41, 5.74) is 6.97. The van der Waals surface area contributed by atoms with Crippen molar-refractivity contribution < 1.29 is 0 Å². The predicted molar refractivity (Wildman–Crippen MR) is 70.1 cm³/mol. The highest BCUT2D eigenvalue weighted by Crippen LogP contribution is 2.13. The molecule has 0 amide bonds. The number of aryl methyl sites for hydroxylation is 1. The van der Waals surface area contributed by atoms with Gasteiger partial charge in [-0.25, -0.2) is 0 Å². The Labute approximate surface area is 97.3 Å². The Bertz CT molecular complexity index is 477. The minimum absolute atomic E-state index is 0.380. The van der Waals surface area contributed by atoms with Crippen molar-refractivity contribution in [2.24, 2.45) is 5.92 Å². The second-order valence-electron chi connectivity index (χ2n) is 4.20. The first kappa shape index (κ1) is 10.7. The first-order chi connectivity index (χ1) is 7.74. The highest BCUT2D eigenvalue weighted by molar-refractivity contribution is 5.51.